The van der Waals surface area contributed by atoms with Crippen LogP contribution in [0.2, 0.25) is 0 Å². The number of nitrogens with zero attached hydrogens (tertiary/aromatic N) is 1. The Labute approximate surface area is 165 Å². The van der Waals surface area contributed by atoms with Gasteiger partial charge in [0, 0.05) is 17.5 Å². The Bertz CT molecular complexity index is 963. The molecule has 0 saturated carbocycles. The largest absolute Gasteiger partial charge is 0.497 e. The van der Waals surface area contributed by atoms with Crippen molar-refractivity contribution in [2.75, 3.05) is 26.7 Å². The SMILES string of the molecule is COc1ccc(-c2cc(C(=O)NCC3CCCNC3)c3ccccc3n2)cc1. The van der Waals surface area contributed by atoms with Gasteiger partial charge in [-0.15, -0.1) is 0 Å². The van der Waals surface area contributed by atoms with E-state index in [9.17, 15) is 4.79 Å². The lowest BCUT2D eigenvalue weighted by Crippen LogP contribution is -2.38. The lowest BCUT2D eigenvalue weighted by molar-refractivity contribution is 0.0946. The molecule has 1 atom stereocenters. The zero-order chi connectivity index (χ0) is 19.3. The number of para-hydroxylation sites is 1. The predicted molar refractivity (Wildman–Crippen MR) is 112 cm³/mol. The number of rotatable bonds is 5. The molecule has 1 aromatic heterocycles. The maximum absolute atomic E-state index is 13.0. The van der Waals surface area contributed by atoms with Crippen molar-refractivity contribution >= 4 is 16.8 Å². The number of amides is 1. The third-order valence-electron chi connectivity index (χ3n) is 5.30. The van der Waals surface area contributed by atoms with E-state index >= 15 is 0 Å². The molecule has 1 amide bonds. The molecule has 4 rings (SSSR count). The molecule has 0 aliphatic carbocycles. The summed E-state index contributed by atoms with van der Waals surface area (Å²) in [6.45, 7) is 2.74. The first-order chi connectivity index (χ1) is 13.7. The van der Waals surface area contributed by atoms with Crippen LogP contribution >= 0.6 is 0 Å². The smallest absolute Gasteiger partial charge is 0.252 e. The van der Waals surface area contributed by atoms with Gasteiger partial charge in [0.25, 0.3) is 5.91 Å². The maximum atomic E-state index is 13.0. The molecule has 5 nitrogen and oxygen atoms in total. The number of carbonyl (C=O) groups is 1. The molecular weight excluding hydrogens is 350 g/mol. The van der Waals surface area contributed by atoms with E-state index in [1.807, 2.05) is 54.6 Å². The number of nitrogens with one attached hydrogen (secondary N) is 2. The van der Waals surface area contributed by atoms with E-state index in [-0.39, 0.29) is 5.91 Å². The van der Waals surface area contributed by atoms with Gasteiger partial charge in [0.1, 0.15) is 5.75 Å². The van der Waals surface area contributed by atoms with Crippen molar-refractivity contribution in [2.24, 2.45) is 5.92 Å². The van der Waals surface area contributed by atoms with Gasteiger partial charge in [-0.3, -0.25) is 4.79 Å². The van der Waals surface area contributed by atoms with Gasteiger partial charge in [0.15, 0.2) is 0 Å². The Morgan fingerprint density at radius 3 is 2.79 bits per heavy atom. The van der Waals surface area contributed by atoms with Crippen LogP contribution in [-0.2, 0) is 0 Å². The molecule has 1 aliphatic heterocycles. The standard InChI is InChI=1S/C23H25N3O2/c1-28-18-10-8-17(9-11-18)22-13-20(19-6-2-3-7-21(19)26-22)23(27)25-15-16-5-4-12-24-14-16/h2-3,6-11,13,16,24H,4-5,12,14-15H2,1H3,(H,25,27). The van der Waals surface area contributed by atoms with Crippen molar-refractivity contribution in [3.63, 3.8) is 0 Å². The summed E-state index contributed by atoms with van der Waals surface area (Å²) >= 11 is 0. The van der Waals surface area contributed by atoms with Crippen LogP contribution in [0.3, 0.4) is 0 Å². The maximum Gasteiger partial charge on any atom is 0.252 e. The first kappa shape index (κ1) is 18.4. The molecule has 0 spiro atoms. The number of carbonyl (C=O) groups excluding carboxylic acids is 1. The van der Waals surface area contributed by atoms with Gasteiger partial charge in [-0.25, -0.2) is 4.98 Å². The van der Waals surface area contributed by atoms with Gasteiger partial charge in [0.05, 0.1) is 23.9 Å². The summed E-state index contributed by atoms with van der Waals surface area (Å²) in [5.41, 5.74) is 3.23. The molecule has 2 heterocycles. The van der Waals surface area contributed by atoms with E-state index in [2.05, 4.69) is 10.6 Å². The van der Waals surface area contributed by atoms with Crippen LogP contribution in [0, 0.1) is 5.92 Å². The van der Waals surface area contributed by atoms with Crippen LogP contribution in [0.4, 0.5) is 0 Å². The Morgan fingerprint density at radius 2 is 2.04 bits per heavy atom. The molecule has 3 aromatic rings. The number of benzene rings is 2. The van der Waals surface area contributed by atoms with E-state index in [1.165, 1.54) is 6.42 Å². The van der Waals surface area contributed by atoms with E-state index in [4.69, 9.17) is 9.72 Å². The molecule has 2 aromatic carbocycles. The van der Waals surface area contributed by atoms with Gasteiger partial charge in [-0.1, -0.05) is 18.2 Å². The fourth-order valence-electron chi connectivity index (χ4n) is 3.70. The van der Waals surface area contributed by atoms with Crippen molar-refractivity contribution in [3.8, 4) is 17.0 Å². The zero-order valence-electron chi connectivity index (χ0n) is 16.1. The summed E-state index contributed by atoms with van der Waals surface area (Å²) < 4.78 is 5.24. The van der Waals surface area contributed by atoms with Crippen molar-refractivity contribution in [3.05, 3.63) is 60.2 Å². The number of ether oxygens (including phenoxy) is 1. The average Bonchev–Trinajstić information content (AvgIpc) is 2.77. The molecule has 5 heteroatoms. The fraction of sp³-hybridized carbons (Fsp3) is 0.304. The van der Waals surface area contributed by atoms with E-state index in [0.29, 0.717) is 18.0 Å². The highest BCUT2D eigenvalue weighted by atomic mass is 16.5. The second-order valence-electron chi connectivity index (χ2n) is 7.22. The molecule has 1 aliphatic rings. The lowest BCUT2D eigenvalue weighted by Gasteiger charge is -2.23. The number of methoxy groups -OCH3 is 1. The van der Waals surface area contributed by atoms with Crippen LogP contribution in [0.1, 0.15) is 23.2 Å². The Hall–Kier alpha value is -2.92. The first-order valence-corrected chi connectivity index (χ1v) is 9.78. The van der Waals surface area contributed by atoms with Crippen molar-refractivity contribution < 1.29 is 9.53 Å². The highest BCUT2D eigenvalue weighted by Gasteiger charge is 2.17. The summed E-state index contributed by atoms with van der Waals surface area (Å²) in [7, 11) is 1.65. The number of hydrogen-bond donors (Lipinski definition) is 2. The summed E-state index contributed by atoms with van der Waals surface area (Å²) in [5, 5.41) is 7.40. The lowest BCUT2D eigenvalue weighted by atomic mass is 9.99. The van der Waals surface area contributed by atoms with Crippen LogP contribution in [-0.4, -0.2) is 37.6 Å². The summed E-state index contributed by atoms with van der Waals surface area (Å²) in [6, 6.07) is 17.4. The molecule has 0 radical (unpaired) electrons. The third kappa shape index (κ3) is 3.99. The van der Waals surface area contributed by atoms with Gasteiger partial charge in [0.2, 0.25) is 0 Å². The van der Waals surface area contributed by atoms with Gasteiger partial charge >= 0.3 is 0 Å². The predicted octanol–water partition coefficient (Wildman–Crippen LogP) is 3.64. The van der Waals surface area contributed by atoms with Crippen LogP contribution < -0.4 is 15.4 Å². The minimum absolute atomic E-state index is 0.0427. The summed E-state index contributed by atoms with van der Waals surface area (Å²) in [4.78, 5) is 17.8. The number of hydrogen-bond acceptors (Lipinski definition) is 4. The van der Waals surface area contributed by atoms with Crippen LogP contribution in [0.5, 0.6) is 5.75 Å². The van der Waals surface area contributed by atoms with E-state index < -0.39 is 0 Å². The molecule has 1 saturated heterocycles. The van der Waals surface area contributed by atoms with E-state index in [0.717, 1.165) is 47.4 Å². The average molecular weight is 375 g/mol. The van der Waals surface area contributed by atoms with Gasteiger partial charge < -0.3 is 15.4 Å². The van der Waals surface area contributed by atoms with Crippen molar-refractivity contribution in [1.82, 2.24) is 15.6 Å². The number of aromatic nitrogens is 1. The second-order valence-corrected chi connectivity index (χ2v) is 7.22. The van der Waals surface area contributed by atoms with Crippen molar-refractivity contribution in [1.29, 1.82) is 0 Å². The molecule has 0 bridgehead atoms. The number of fused-ring (bicyclic) bond motifs is 1. The van der Waals surface area contributed by atoms with Crippen LogP contribution in [0.15, 0.2) is 54.6 Å². The highest BCUT2D eigenvalue weighted by molar-refractivity contribution is 6.07. The minimum atomic E-state index is -0.0427. The summed E-state index contributed by atoms with van der Waals surface area (Å²) in [6.07, 6.45) is 2.32. The third-order valence-corrected chi connectivity index (χ3v) is 5.30. The first-order valence-electron chi connectivity index (χ1n) is 9.78. The Kier molecular flexibility index (Phi) is 5.53. The molecule has 1 fully saturated rings. The summed E-state index contributed by atoms with van der Waals surface area (Å²) in [5.74, 6) is 1.24. The number of pyridine rings is 1. The normalized spacial score (nSPS) is 16.7. The molecule has 1 unspecified atom stereocenters. The van der Waals surface area contributed by atoms with Crippen LogP contribution in [0.25, 0.3) is 22.2 Å². The Morgan fingerprint density at radius 1 is 1.21 bits per heavy atom. The molecule has 28 heavy (non-hydrogen) atoms. The molecule has 144 valence electrons. The zero-order valence-corrected chi connectivity index (χ0v) is 16.1. The number of piperidine rings is 1. The molecular formula is C23H25N3O2. The van der Waals surface area contributed by atoms with Gasteiger partial charge in [-0.2, -0.15) is 0 Å². The highest BCUT2D eigenvalue weighted by Crippen LogP contribution is 2.26. The monoisotopic (exact) mass is 375 g/mol. The quantitative estimate of drug-likeness (QED) is 0.715. The second kappa shape index (κ2) is 8.40. The molecule has 2 N–H and O–H groups in total. The Balaban J connectivity index is 1.64. The van der Waals surface area contributed by atoms with E-state index in [1.54, 1.807) is 7.11 Å². The van der Waals surface area contributed by atoms with Gasteiger partial charge in [-0.05, 0) is 68.2 Å². The minimum Gasteiger partial charge on any atom is -0.497 e. The fourth-order valence-corrected chi connectivity index (χ4v) is 3.70. The van der Waals surface area contributed by atoms with Crippen molar-refractivity contribution in [2.45, 2.75) is 12.8 Å². The topological polar surface area (TPSA) is 63.2 Å².